The fraction of sp³-hybridized carbons (Fsp3) is 0.833. The number of carboxylic acids is 1. The van der Waals surface area contributed by atoms with Crippen molar-refractivity contribution < 1.29 is 23.1 Å². The zero-order valence-corrected chi connectivity index (χ0v) is 12.6. The third-order valence-electron chi connectivity index (χ3n) is 3.39. The van der Waals surface area contributed by atoms with Gasteiger partial charge in [-0.2, -0.15) is 0 Å². The minimum absolute atomic E-state index is 0.0381. The van der Waals surface area contributed by atoms with Crippen molar-refractivity contribution in [1.29, 1.82) is 0 Å². The second-order valence-electron chi connectivity index (χ2n) is 5.10. The molecule has 1 aliphatic rings. The molecule has 0 aromatic rings. The monoisotopic (exact) mass is 306 g/mol. The van der Waals surface area contributed by atoms with E-state index in [0.717, 1.165) is 0 Å². The number of aliphatic carboxylic acids is 1. The highest BCUT2D eigenvalue weighted by atomic mass is 32.2. The SMILES string of the molecule is CCN(C(=O)CC1CS(=O)(=O)CCN1)C(C)CC(=O)O. The van der Waals surface area contributed by atoms with E-state index in [4.69, 9.17) is 5.11 Å². The van der Waals surface area contributed by atoms with Gasteiger partial charge >= 0.3 is 5.97 Å². The normalized spacial score (nSPS) is 23.0. The summed E-state index contributed by atoms with van der Waals surface area (Å²) in [4.78, 5) is 24.4. The van der Waals surface area contributed by atoms with E-state index in [1.165, 1.54) is 4.90 Å². The maximum absolute atomic E-state index is 12.2. The van der Waals surface area contributed by atoms with E-state index in [2.05, 4.69) is 5.32 Å². The molecule has 1 fully saturated rings. The van der Waals surface area contributed by atoms with E-state index in [1.54, 1.807) is 13.8 Å². The summed E-state index contributed by atoms with van der Waals surface area (Å²) < 4.78 is 23.0. The van der Waals surface area contributed by atoms with E-state index < -0.39 is 21.8 Å². The van der Waals surface area contributed by atoms with Gasteiger partial charge in [0.2, 0.25) is 5.91 Å². The number of amides is 1. The van der Waals surface area contributed by atoms with Gasteiger partial charge in [0.15, 0.2) is 9.84 Å². The number of hydrogen-bond donors (Lipinski definition) is 2. The van der Waals surface area contributed by atoms with Crippen LogP contribution < -0.4 is 5.32 Å². The molecule has 0 bridgehead atoms. The molecule has 2 unspecified atom stereocenters. The Morgan fingerprint density at radius 1 is 1.45 bits per heavy atom. The minimum Gasteiger partial charge on any atom is -0.481 e. The Balaban J connectivity index is 2.61. The van der Waals surface area contributed by atoms with Gasteiger partial charge in [0, 0.05) is 31.6 Å². The number of nitrogens with one attached hydrogen (secondary N) is 1. The van der Waals surface area contributed by atoms with Gasteiger partial charge in [-0.1, -0.05) is 0 Å². The minimum atomic E-state index is -3.08. The van der Waals surface area contributed by atoms with E-state index in [9.17, 15) is 18.0 Å². The molecule has 1 amide bonds. The first-order chi connectivity index (χ1) is 9.25. The van der Waals surface area contributed by atoms with Crippen LogP contribution in [0, 0.1) is 0 Å². The van der Waals surface area contributed by atoms with Crippen LogP contribution in [0.2, 0.25) is 0 Å². The lowest BCUT2D eigenvalue weighted by Crippen LogP contribution is -2.49. The lowest BCUT2D eigenvalue weighted by Gasteiger charge is -2.30. The average Bonchev–Trinajstić information content (AvgIpc) is 2.26. The van der Waals surface area contributed by atoms with Crippen LogP contribution in [0.5, 0.6) is 0 Å². The fourth-order valence-electron chi connectivity index (χ4n) is 2.42. The van der Waals surface area contributed by atoms with Crippen LogP contribution in [0.3, 0.4) is 0 Å². The number of hydrogen-bond acceptors (Lipinski definition) is 5. The van der Waals surface area contributed by atoms with Gasteiger partial charge in [-0.05, 0) is 13.8 Å². The number of nitrogens with zero attached hydrogens (tertiary/aromatic N) is 1. The Morgan fingerprint density at radius 2 is 2.10 bits per heavy atom. The van der Waals surface area contributed by atoms with Crippen LogP contribution in [-0.4, -0.2) is 67.0 Å². The Hall–Kier alpha value is -1.15. The Morgan fingerprint density at radius 3 is 2.60 bits per heavy atom. The molecule has 1 saturated heterocycles. The number of sulfone groups is 1. The third-order valence-corrected chi connectivity index (χ3v) is 5.12. The zero-order valence-electron chi connectivity index (χ0n) is 11.8. The Kier molecular flexibility index (Phi) is 5.94. The molecule has 0 radical (unpaired) electrons. The molecule has 116 valence electrons. The first kappa shape index (κ1) is 16.9. The van der Waals surface area contributed by atoms with Gasteiger partial charge in [-0.3, -0.25) is 9.59 Å². The molecule has 8 heteroatoms. The molecule has 0 saturated carbocycles. The van der Waals surface area contributed by atoms with Crippen LogP contribution in [0.15, 0.2) is 0 Å². The topological polar surface area (TPSA) is 104 Å². The van der Waals surface area contributed by atoms with Crippen molar-refractivity contribution in [2.45, 2.75) is 38.8 Å². The summed E-state index contributed by atoms with van der Waals surface area (Å²) in [6.45, 7) is 4.23. The lowest BCUT2D eigenvalue weighted by atomic mass is 10.1. The van der Waals surface area contributed by atoms with Crippen LogP contribution in [0.25, 0.3) is 0 Å². The highest BCUT2D eigenvalue weighted by Gasteiger charge is 2.29. The van der Waals surface area contributed by atoms with Gasteiger partial charge in [0.1, 0.15) is 0 Å². The Bertz CT molecular complexity index is 462. The smallest absolute Gasteiger partial charge is 0.305 e. The van der Waals surface area contributed by atoms with Crippen molar-refractivity contribution >= 4 is 21.7 Å². The van der Waals surface area contributed by atoms with Gasteiger partial charge < -0.3 is 15.3 Å². The summed E-state index contributed by atoms with van der Waals surface area (Å²) in [6, 6.07) is -0.780. The van der Waals surface area contributed by atoms with E-state index in [-0.39, 0.29) is 36.3 Å². The predicted molar refractivity (Wildman–Crippen MR) is 74.2 cm³/mol. The Labute approximate surface area is 119 Å². The molecule has 0 aliphatic carbocycles. The molecular weight excluding hydrogens is 284 g/mol. The second kappa shape index (κ2) is 7.03. The number of carboxylic acid groups (broad SMARTS) is 1. The summed E-state index contributed by atoms with van der Waals surface area (Å²) >= 11 is 0. The van der Waals surface area contributed by atoms with E-state index >= 15 is 0 Å². The summed E-state index contributed by atoms with van der Waals surface area (Å²) in [7, 11) is -3.08. The average molecular weight is 306 g/mol. The molecule has 1 heterocycles. The molecule has 0 spiro atoms. The van der Waals surface area contributed by atoms with Crippen molar-refractivity contribution in [3.63, 3.8) is 0 Å². The third kappa shape index (κ3) is 5.09. The van der Waals surface area contributed by atoms with Crippen LogP contribution in [0.1, 0.15) is 26.7 Å². The van der Waals surface area contributed by atoms with Gasteiger partial charge in [-0.15, -0.1) is 0 Å². The molecule has 0 aromatic carbocycles. The number of carbonyl (C=O) groups excluding carboxylic acids is 1. The van der Waals surface area contributed by atoms with Crippen molar-refractivity contribution in [3.8, 4) is 0 Å². The van der Waals surface area contributed by atoms with Gasteiger partial charge in [0.25, 0.3) is 0 Å². The second-order valence-corrected chi connectivity index (χ2v) is 7.32. The molecule has 1 rings (SSSR count). The molecule has 20 heavy (non-hydrogen) atoms. The highest BCUT2D eigenvalue weighted by molar-refractivity contribution is 7.91. The van der Waals surface area contributed by atoms with Crippen molar-refractivity contribution in [2.75, 3.05) is 24.6 Å². The van der Waals surface area contributed by atoms with Crippen LogP contribution in [0.4, 0.5) is 0 Å². The predicted octanol–water partition coefficient (Wildman–Crippen LogP) is -0.525. The van der Waals surface area contributed by atoms with Crippen molar-refractivity contribution in [1.82, 2.24) is 10.2 Å². The summed E-state index contributed by atoms with van der Waals surface area (Å²) in [5.41, 5.74) is 0. The number of carbonyl (C=O) groups is 2. The fourth-order valence-corrected chi connectivity index (χ4v) is 3.87. The maximum atomic E-state index is 12.2. The summed E-state index contributed by atoms with van der Waals surface area (Å²) in [5.74, 6) is -1.10. The van der Waals surface area contributed by atoms with E-state index in [1.807, 2.05) is 0 Å². The molecular formula is C12H22N2O5S. The zero-order chi connectivity index (χ0) is 15.3. The van der Waals surface area contributed by atoms with Crippen LogP contribution >= 0.6 is 0 Å². The maximum Gasteiger partial charge on any atom is 0.305 e. The number of rotatable bonds is 6. The molecule has 2 atom stereocenters. The first-order valence-electron chi connectivity index (χ1n) is 6.70. The highest BCUT2D eigenvalue weighted by Crippen LogP contribution is 2.11. The molecule has 0 aromatic heterocycles. The van der Waals surface area contributed by atoms with Crippen molar-refractivity contribution in [3.05, 3.63) is 0 Å². The first-order valence-corrected chi connectivity index (χ1v) is 8.52. The van der Waals surface area contributed by atoms with Gasteiger partial charge in [-0.25, -0.2) is 8.42 Å². The molecule has 1 aliphatic heterocycles. The summed E-state index contributed by atoms with van der Waals surface area (Å²) in [5, 5.41) is 11.8. The summed E-state index contributed by atoms with van der Waals surface area (Å²) in [6.07, 6.45) is -0.0347. The standard InChI is InChI=1S/C12H22N2O5S/c1-3-14(9(2)6-12(16)17)11(15)7-10-8-20(18,19)5-4-13-10/h9-10,13H,3-8H2,1-2H3,(H,16,17). The van der Waals surface area contributed by atoms with Crippen LogP contribution in [-0.2, 0) is 19.4 Å². The molecule has 2 N–H and O–H groups in total. The largest absolute Gasteiger partial charge is 0.481 e. The lowest BCUT2D eigenvalue weighted by molar-refractivity contribution is -0.140. The van der Waals surface area contributed by atoms with Gasteiger partial charge in [0.05, 0.1) is 17.9 Å². The van der Waals surface area contributed by atoms with Crippen molar-refractivity contribution in [2.24, 2.45) is 0 Å². The van der Waals surface area contributed by atoms with E-state index in [0.29, 0.717) is 13.1 Å². The molecule has 7 nitrogen and oxygen atoms in total. The quantitative estimate of drug-likeness (QED) is 0.684.